The number of halogens is 1. The zero-order valence-corrected chi connectivity index (χ0v) is 17.4. The normalized spacial score (nSPS) is 10.9. The first-order valence-electron chi connectivity index (χ1n) is 9.31. The third-order valence-corrected chi connectivity index (χ3v) is 4.90. The summed E-state index contributed by atoms with van der Waals surface area (Å²) in [6.07, 6.45) is 0.501. The molecule has 1 heterocycles. The number of anilines is 1. The molecule has 8 nitrogen and oxygen atoms in total. The van der Waals surface area contributed by atoms with Crippen molar-refractivity contribution in [1.82, 2.24) is 9.13 Å². The van der Waals surface area contributed by atoms with E-state index in [0.29, 0.717) is 40.4 Å². The molecule has 0 radical (unpaired) electrons. The van der Waals surface area contributed by atoms with E-state index in [1.54, 1.807) is 49.6 Å². The van der Waals surface area contributed by atoms with Crippen LogP contribution in [0.4, 0.5) is 5.69 Å². The highest BCUT2D eigenvalue weighted by atomic mass is 35.5. The maximum atomic E-state index is 13.0. The summed E-state index contributed by atoms with van der Waals surface area (Å²) < 4.78 is 12.5. The van der Waals surface area contributed by atoms with Gasteiger partial charge in [0.25, 0.3) is 5.56 Å². The van der Waals surface area contributed by atoms with Crippen LogP contribution in [0.25, 0.3) is 10.9 Å². The van der Waals surface area contributed by atoms with Gasteiger partial charge in [-0.2, -0.15) is 0 Å². The van der Waals surface area contributed by atoms with Gasteiger partial charge in [-0.05, 0) is 36.8 Å². The Hall–Kier alpha value is -3.10. The van der Waals surface area contributed by atoms with Crippen LogP contribution in [0.2, 0.25) is 5.02 Å². The van der Waals surface area contributed by atoms with Gasteiger partial charge in [0.2, 0.25) is 5.91 Å². The molecule has 0 aliphatic carbocycles. The van der Waals surface area contributed by atoms with Crippen molar-refractivity contribution in [3.8, 4) is 5.75 Å². The lowest BCUT2D eigenvalue weighted by Gasteiger charge is -2.14. The average molecular weight is 432 g/mol. The number of nitrogens with zero attached hydrogens (tertiary/aromatic N) is 2. The number of nitrogens with one attached hydrogen (secondary N) is 1. The molecular formula is C21H22ClN3O5. The zero-order chi connectivity index (χ0) is 21.7. The van der Waals surface area contributed by atoms with Crippen LogP contribution in [0.15, 0.2) is 52.1 Å². The molecule has 0 fully saturated rings. The quantitative estimate of drug-likeness (QED) is 0.553. The Kier molecular flexibility index (Phi) is 6.91. The van der Waals surface area contributed by atoms with Crippen molar-refractivity contribution in [2.75, 3.05) is 26.1 Å². The van der Waals surface area contributed by atoms with Crippen LogP contribution in [0.3, 0.4) is 0 Å². The molecule has 0 spiro atoms. The van der Waals surface area contributed by atoms with Gasteiger partial charge >= 0.3 is 5.69 Å². The number of para-hydroxylation sites is 1. The number of carbonyl (C=O) groups excluding carboxylic acids is 1. The topological polar surface area (TPSA) is 91.6 Å². The molecule has 0 aliphatic heterocycles. The van der Waals surface area contributed by atoms with Crippen molar-refractivity contribution in [2.24, 2.45) is 0 Å². The van der Waals surface area contributed by atoms with E-state index in [2.05, 4.69) is 5.32 Å². The Morgan fingerprint density at radius 3 is 2.57 bits per heavy atom. The van der Waals surface area contributed by atoms with Gasteiger partial charge in [-0.25, -0.2) is 4.79 Å². The molecule has 0 bridgehead atoms. The van der Waals surface area contributed by atoms with Crippen molar-refractivity contribution >= 4 is 34.1 Å². The monoisotopic (exact) mass is 431 g/mol. The average Bonchev–Trinajstić information content (AvgIpc) is 2.74. The molecule has 3 rings (SSSR count). The molecule has 1 N–H and O–H groups in total. The molecule has 0 aliphatic rings. The number of rotatable bonds is 8. The molecule has 30 heavy (non-hydrogen) atoms. The molecule has 1 amide bonds. The first kappa shape index (κ1) is 21.6. The Morgan fingerprint density at radius 2 is 1.87 bits per heavy atom. The fourth-order valence-corrected chi connectivity index (χ4v) is 3.43. The van der Waals surface area contributed by atoms with Gasteiger partial charge in [-0.1, -0.05) is 23.7 Å². The van der Waals surface area contributed by atoms with Crippen molar-refractivity contribution in [3.63, 3.8) is 0 Å². The molecule has 0 unspecified atom stereocenters. The summed E-state index contributed by atoms with van der Waals surface area (Å²) in [5, 5.41) is 3.44. The maximum Gasteiger partial charge on any atom is 0.331 e. The van der Waals surface area contributed by atoms with E-state index in [1.807, 2.05) is 0 Å². The molecule has 2 aromatic carbocycles. The van der Waals surface area contributed by atoms with E-state index in [4.69, 9.17) is 21.1 Å². The van der Waals surface area contributed by atoms with Crippen LogP contribution in [-0.2, 0) is 22.6 Å². The number of hydrogen-bond donors (Lipinski definition) is 1. The molecule has 9 heteroatoms. The number of amides is 1. The predicted octanol–water partition coefficient (Wildman–Crippen LogP) is 2.50. The Balaban J connectivity index is 1.94. The molecule has 3 aromatic rings. The number of methoxy groups -OCH3 is 2. The van der Waals surface area contributed by atoms with E-state index >= 15 is 0 Å². The fourth-order valence-electron chi connectivity index (χ4n) is 3.18. The first-order valence-corrected chi connectivity index (χ1v) is 9.68. The summed E-state index contributed by atoms with van der Waals surface area (Å²) in [7, 11) is 3.05. The van der Waals surface area contributed by atoms with Gasteiger partial charge in [0.1, 0.15) is 12.3 Å². The van der Waals surface area contributed by atoms with Crippen molar-refractivity contribution in [3.05, 3.63) is 68.3 Å². The van der Waals surface area contributed by atoms with Crippen LogP contribution < -0.4 is 21.3 Å². The second kappa shape index (κ2) is 9.60. The number of fused-ring (bicyclic) bond motifs is 1. The summed E-state index contributed by atoms with van der Waals surface area (Å²) >= 11 is 6.10. The van der Waals surface area contributed by atoms with Crippen LogP contribution in [0.1, 0.15) is 6.42 Å². The summed E-state index contributed by atoms with van der Waals surface area (Å²) in [4.78, 5) is 38.4. The smallest absolute Gasteiger partial charge is 0.331 e. The SMILES string of the molecule is COCCCn1c(=O)c2ccccc2n(CC(=O)Nc2ccc(OC)c(Cl)c2)c1=O. The van der Waals surface area contributed by atoms with E-state index < -0.39 is 11.6 Å². The molecule has 0 saturated carbocycles. The summed E-state index contributed by atoms with van der Waals surface area (Å²) in [5.74, 6) is 0.0607. The van der Waals surface area contributed by atoms with Gasteiger partial charge < -0.3 is 14.8 Å². The van der Waals surface area contributed by atoms with Crippen LogP contribution in [0, 0.1) is 0 Å². The van der Waals surface area contributed by atoms with Crippen molar-refractivity contribution in [2.45, 2.75) is 19.5 Å². The lowest BCUT2D eigenvalue weighted by molar-refractivity contribution is -0.116. The molecule has 158 valence electrons. The minimum atomic E-state index is -0.544. The van der Waals surface area contributed by atoms with E-state index in [9.17, 15) is 14.4 Å². The highest BCUT2D eigenvalue weighted by Gasteiger charge is 2.15. The zero-order valence-electron chi connectivity index (χ0n) is 16.7. The number of hydrogen-bond acceptors (Lipinski definition) is 5. The van der Waals surface area contributed by atoms with Crippen LogP contribution >= 0.6 is 11.6 Å². The van der Waals surface area contributed by atoms with Crippen LogP contribution in [-0.4, -0.2) is 35.9 Å². The number of ether oxygens (including phenoxy) is 2. The Bertz CT molecular complexity index is 1190. The van der Waals surface area contributed by atoms with E-state index in [-0.39, 0.29) is 18.6 Å². The largest absolute Gasteiger partial charge is 0.495 e. The lowest BCUT2D eigenvalue weighted by Crippen LogP contribution is -2.42. The lowest BCUT2D eigenvalue weighted by atomic mass is 10.2. The number of benzene rings is 2. The Morgan fingerprint density at radius 1 is 1.10 bits per heavy atom. The fraction of sp³-hybridized carbons (Fsp3) is 0.286. The van der Waals surface area contributed by atoms with Gasteiger partial charge in [-0.15, -0.1) is 0 Å². The highest BCUT2D eigenvalue weighted by Crippen LogP contribution is 2.27. The number of carbonyl (C=O) groups is 1. The molecular weight excluding hydrogens is 410 g/mol. The minimum Gasteiger partial charge on any atom is -0.495 e. The minimum absolute atomic E-state index is 0.200. The maximum absolute atomic E-state index is 13.0. The molecule has 1 aromatic heterocycles. The number of aromatic nitrogens is 2. The van der Waals surface area contributed by atoms with Crippen molar-refractivity contribution < 1.29 is 14.3 Å². The van der Waals surface area contributed by atoms with Gasteiger partial charge in [-0.3, -0.25) is 18.7 Å². The third-order valence-electron chi connectivity index (χ3n) is 4.60. The summed E-state index contributed by atoms with van der Waals surface area (Å²) in [6, 6.07) is 11.6. The standard InChI is InChI=1S/C21H22ClN3O5/c1-29-11-5-10-24-20(27)15-6-3-4-7-17(15)25(21(24)28)13-19(26)23-14-8-9-18(30-2)16(22)12-14/h3-4,6-9,12H,5,10-11,13H2,1-2H3,(H,23,26). The highest BCUT2D eigenvalue weighted by molar-refractivity contribution is 6.32. The predicted molar refractivity (Wildman–Crippen MR) is 116 cm³/mol. The molecule has 0 saturated heterocycles. The first-order chi connectivity index (χ1) is 14.5. The summed E-state index contributed by atoms with van der Waals surface area (Å²) in [6.45, 7) is 0.358. The van der Waals surface area contributed by atoms with Gasteiger partial charge in [0, 0.05) is 25.9 Å². The van der Waals surface area contributed by atoms with Crippen molar-refractivity contribution in [1.29, 1.82) is 0 Å². The third kappa shape index (κ3) is 4.55. The Labute approximate surface area is 177 Å². The molecule has 0 atom stereocenters. The van der Waals surface area contributed by atoms with Gasteiger partial charge in [0.05, 0.1) is 23.0 Å². The second-order valence-corrected chi connectivity index (χ2v) is 6.99. The van der Waals surface area contributed by atoms with Gasteiger partial charge in [0.15, 0.2) is 0 Å². The summed E-state index contributed by atoms with van der Waals surface area (Å²) in [5.41, 5.74) is -0.0574. The van der Waals surface area contributed by atoms with E-state index in [1.165, 1.54) is 11.7 Å². The van der Waals surface area contributed by atoms with E-state index in [0.717, 1.165) is 4.57 Å². The van der Waals surface area contributed by atoms with Crippen LogP contribution in [0.5, 0.6) is 5.75 Å². The second-order valence-electron chi connectivity index (χ2n) is 6.59.